The molecule has 6 heteroatoms. The molecule has 0 aliphatic heterocycles. The van der Waals surface area contributed by atoms with Crippen molar-refractivity contribution in [1.29, 1.82) is 0 Å². The van der Waals surface area contributed by atoms with E-state index < -0.39 is 0 Å². The van der Waals surface area contributed by atoms with Gasteiger partial charge in [0.25, 0.3) is 0 Å². The minimum absolute atomic E-state index is 0.730. The Kier molecular flexibility index (Phi) is 10.3. The van der Waals surface area contributed by atoms with E-state index in [4.69, 9.17) is 23.2 Å². The quantitative estimate of drug-likeness (QED) is 0.0506. The van der Waals surface area contributed by atoms with E-state index in [1.807, 2.05) is 12.1 Å². The Bertz CT molecular complexity index is 1830. The van der Waals surface area contributed by atoms with Crippen LogP contribution in [0.1, 0.15) is 59.7 Å². The van der Waals surface area contributed by atoms with Crippen LogP contribution < -0.4 is 0 Å². The molecule has 5 aromatic rings. The van der Waals surface area contributed by atoms with E-state index in [1.165, 1.54) is 49.2 Å². The number of halogens is 3. The molecule has 1 fully saturated rings. The molecule has 45 heavy (non-hydrogen) atoms. The number of unbranched alkanes of at least 4 members (excludes halogenated alkanes) is 1. The molecule has 0 bridgehead atoms. The van der Waals surface area contributed by atoms with Crippen LogP contribution in [0, 0.1) is 13.8 Å². The lowest BCUT2D eigenvalue weighted by molar-refractivity contribution is -0.926. The van der Waals surface area contributed by atoms with Gasteiger partial charge in [0.05, 0.1) is 33.7 Å². The lowest BCUT2D eigenvalue weighted by atomic mass is 10.1. The van der Waals surface area contributed by atoms with E-state index in [-0.39, 0.29) is 0 Å². The minimum Gasteiger partial charge on any atom is -0.366 e. The number of hydrogen-bond donors (Lipinski definition) is 0. The lowest BCUT2D eigenvalue weighted by Crippen LogP contribution is -2.46. The second-order valence-corrected chi connectivity index (χ2v) is 15.1. The summed E-state index contributed by atoms with van der Waals surface area (Å²) >= 11 is 19.5. The summed E-state index contributed by atoms with van der Waals surface area (Å²) in [6.07, 6.45) is 4.55. The smallest absolute Gasteiger partial charge is 0.134 e. The summed E-state index contributed by atoms with van der Waals surface area (Å²) in [5.41, 5.74) is 9.26. The average molecular weight is 722 g/mol. The van der Waals surface area contributed by atoms with E-state index >= 15 is 0 Å². The van der Waals surface area contributed by atoms with Crippen LogP contribution in [0.2, 0.25) is 10.0 Å². The Labute approximate surface area is 291 Å². The van der Waals surface area contributed by atoms with Crippen molar-refractivity contribution < 1.29 is 4.48 Å². The van der Waals surface area contributed by atoms with Crippen LogP contribution in [0.3, 0.4) is 0 Å². The molecule has 0 spiro atoms. The molecule has 0 saturated heterocycles. The van der Waals surface area contributed by atoms with Crippen LogP contribution in [-0.2, 0) is 13.1 Å². The highest BCUT2D eigenvalue weighted by molar-refractivity contribution is 9.09. The van der Waals surface area contributed by atoms with Gasteiger partial charge < -0.3 is 9.38 Å². The number of allylic oxidation sites excluding steroid dienone is 1. The van der Waals surface area contributed by atoms with Gasteiger partial charge in [-0.2, -0.15) is 0 Å². The Morgan fingerprint density at radius 3 is 2.31 bits per heavy atom. The molecule has 2 nitrogen and oxygen atoms in total. The summed E-state index contributed by atoms with van der Waals surface area (Å²) in [5, 5.41) is 5.08. The maximum absolute atomic E-state index is 7.17. The van der Waals surface area contributed by atoms with Crippen LogP contribution >= 0.6 is 50.5 Å². The van der Waals surface area contributed by atoms with E-state index in [0.717, 1.165) is 88.5 Å². The molecule has 1 aliphatic carbocycles. The number of fused-ring (bicyclic) bond motifs is 2. The van der Waals surface area contributed by atoms with Gasteiger partial charge in [0.2, 0.25) is 0 Å². The van der Waals surface area contributed by atoms with Crippen LogP contribution in [-0.4, -0.2) is 34.5 Å². The maximum Gasteiger partial charge on any atom is 0.134 e. The zero-order valence-corrected chi connectivity index (χ0v) is 30.4. The highest BCUT2D eigenvalue weighted by Crippen LogP contribution is 2.48. The third-order valence-corrected chi connectivity index (χ3v) is 12.2. The van der Waals surface area contributed by atoms with Gasteiger partial charge >= 0.3 is 0 Å². The summed E-state index contributed by atoms with van der Waals surface area (Å²) in [7, 11) is 0. The summed E-state index contributed by atoms with van der Waals surface area (Å²) in [6, 6.07) is 28.7. The predicted octanol–water partition coefficient (Wildman–Crippen LogP) is 12.2. The molecule has 0 radical (unpaired) electrons. The number of benzene rings is 4. The Morgan fingerprint density at radius 1 is 0.867 bits per heavy atom. The SMILES string of the molecule is CC[N+](CBr)(CCCCN(Cc1ccc2ccccc2c1)C(=C1CC1)c1sc2cccc(Cl)c2c1Cl)Cc1cc(C)cc(C)c1. The topological polar surface area (TPSA) is 3.24 Å². The van der Waals surface area contributed by atoms with E-state index in [1.54, 1.807) is 11.3 Å². The van der Waals surface area contributed by atoms with Crippen LogP contribution in [0.15, 0.2) is 84.4 Å². The van der Waals surface area contributed by atoms with Gasteiger partial charge in [0, 0.05) is 28.7 Å². The fourth-order valence-corrected chi connectivity index (χ4v) is 9.57. The molecule has 234 valence electrons. The van der Waals surface area contributed by atoms with Crippen molar-refractivity contribution in [3.63, 3.8) is 0 Å². The van der Waals surface area contributed by atoms with Crippen molar-refractivity contribution in [2.24, 2.45) is 0 Å². The summed E-state index contributed by atoms with van der Waals surface area (Å²) in [4.78, 5) is 3.79. The van der Waals surface area contributed by atoms with Crippen LogP contribution in [0.4, 0.5) is 0 Å². The number of thiophene rings is 1. The number of aryl methyl sites for hydroxylation is 2. The summed E-state index contributed by atoms with van der Waals surface area (Å²) in [6.45, 7) is 11.9. The van der Waals surface area contributed by atoms with Crippen molar-refractivity contribution in [3.05, 3.63) is 122 Å². The lowest BCUT2D eigenvalue weighted by Gasteiger charge is -2.37. The maximum atomic E-state index is 7.17. The molecule has 1 aromatic heterocycles. The monoisotopic (exact) mass is 719 g/mol. The Morgan fingerprint density at radius 2 is 1.62 bits per heavy atom. The van der Waals surface area contributed by atoms with Gasteiger partial charge in [-0.15, -0.1) is 11.3 Å². The molecule has 6 rings (SSSR count). The molecular formula is C39H42BrCl2N2S+. The normalized spacial score (nSPS) is 14.2. The van der Waals surface area contributed by atoms with E-state index in [2.05, 4.69) is 108 Å². The average Bonchev–Trinajstić information content (AvgIpc) is 3.81. The first-order chi connectivity index (χ1) is 21.8. The molecule has 0 amide bonds. The molecule has 1 heterocycles. The van der Waals surface area contributed by atoms with Gasteiger partial charge in [-0.3, -0.25) is 0 Å². The van der Waals surface area contributed by atoms with Crippen molar-refractivity contribution in [2.45, 2.75) is 59.5 Å². The highest BCUT2D eigenvalue weighted by atomic mass is 79.9. The number of nitrogens with zero attached hydrogens (tertiary/aromatic N) is 2. The van der Waals surface area contributed by atoms with Gasteiger partial charge in [-0.25, -0.2) is 0 Å². The number of quaternary nitrogens is 1. The van der Waals surface area contributed by atoms with Gasteiger partial charge in [0.1, 0.15) is 12.0 Å². The largest absolute Gasteiger partial charge is 0.366 e. The zero-order chi connectivity index (χ0) is 31.6. The molecule has 0 N–H and O–H groups in total. The first kappa shape index (κ1) is 32.6. The molecule has 1 aliphatic rings. The molecular weight excluding hydrogens is 679 g/mol. The van der Waals surface area contributed by atoms with Crippen LogP contribution in [0.5, 0.6) is 0 Å². The standard InChI is InChI=1S/C39H42BrCl2N2S/c1-4-44(26-40,25-30-21-27(2)20-28(3)22-30)19-8-7-18-43(24-29-14-15-31-10-5-6-11-33(31)23-29)38(32-16-17-32)39-37(42)36-34(41)12-9-13-35(36)45-39/h5-6,9-15,20-23H,4,7-8,16-19,24-26H2,1-3H3/q+1. The fourth-order valence-electron chi connectivity index (χ4n) is 6.71. The Balaban J connectivity index is 1.27. The summed E-state index contributed by atoms with van der Waals surface area (Å²) < 4.78 is 2.20. The molecule has 1 saturated carbocycles. The number of alkyl halides is 1. The second kappa shape index (κ2) is 14.2. The zero-order valence-electron chi connectivity index (χ0n) is 26.5. The predicted molar refractivity (Wildman–Crippen MR) is 201 cm³/mol. The Hall–Kier alpha value is -2.34. The van der Waals surface area contributed by atoms with Gasteiger partial charge in [-0.05, 0) is 102 Å². The molecule has 1 atom stereocenters. The van der Waals surface area contributed by atoms with Gasteiger partial charge in [0.15, 0.2) is 0 Å². The molecule has 1 unspecified atom stereocenters. The number of hydrogen-bond acceptors (Lipinski definition) is 2. The first-order valence-electron chi connectivity index (χ1n) is 16.1. The van der Waals surface area contributed by atoms with Gasteiger partial charge in [-0.1, -0.05) is 95.0 Å². The van der Waals surface area contributed by atoms with Crippen LogP contribution in [0.25, 0.3) is 26.6 Å². The second-order valence-electron chi connectivity index (χ2n) is 12.8. The molecule has 4 aromatic carbocycles. The van der Waals surface area contributed by atoms with Crippen molar-refractivity contribution in [2.75, 3.05) is 25.1 Å². The minimum atomic E-state index is 0.730. The van der Waals surface area contributed by atoms with Crippen molar-refractivity contribution >= 4 is 77.0 Å². The third kappa shape index (κ3) is 7.47. The number of rotatable bonds is 13. The van der Waals surface area contributed by atoms with E-state index in [9.17, 15) is 0 Å². The summed E-state index contributed by atoms with van der Waals surface area (Å²) in [5.74, 6) is 0. The highest BCUT2D eigenvalue weighted by Gasteiger charge is 2.29. The van der Waals surface area contributed by atoms with E-state index in [0.29, 0.717) is 0 Å². The third-order valence-electron chi connectivity index (χ3n) is 9.19. The first-order valence-corrected chi connectivity index (χ1v) is 18.8. The van der Waals surface area contributed by atoms with Crippen molar-refractivity contribution in [3.8, 4) is 0 Å². The van der Waals surface area contributed by atoms with Crippen molar-refractivity contribution in [1.82, 2.24) is 4.90 Å². The fraction of sp³-hybridized carbons (Fsp3) is 0.333.